The van der Waals surface area contributed by atoms with Gasteiger partial charge >= 0.3 is 0 Å². The quantitative estimate of drug-likeness (QED) is 0.426. The number of hydrogen-bond acceptors (Lipinski definition) is 2. The summed E-state index contributed by atoms with van der Waals surface area (Å²) in [6, 6.07) is 0. The zero-order chi connectivity index (χ0) is 6.57. The molecule has 8 heavy (non-hydrogen) atoms. The van der Waals surface area contributed by atoms with E-state index in [2.05, 4.69) is 11.8 Å². The van der Waals surface area contributed by atoms with Gasteiger partial charge in [0.15, 0.2) is 0 Å². The first-order valence-corrected chi connectivity index (χ1v) is 2.50. The van der Waals surface area contributed by atoms with Crippen LogP contribution in [0.5, 0.6) is 0 Å². The summed E-state index contributed by atoms with van der Waals surface area (Å²) in [6.45, 7) is 3.10. The molecular weight excluding hydrogens is 104 g/mol. The van der Waals surface area contributed by atoms with Crippen molar-refractivity contribution in [1.29, 1.82) is 0 Å². The van der Waals surface area contributed by atoms with Crippen molar-refractivity contribution in [2.75, 3.05) is 0 Å². The standard InChI is InChI=1S/C6H10O2/c1-5(7)3-4-6(2)8/h5-8H,1-2H3/t5-,6-/m0/s1. The first-order chi connectivity index (χ1) is 3.63. The minimum atomic E-state index is -0.635. The van der Waals surface area contributed by atoms with E-state index in [0.29, 0.717) is 0 Å². The van der Waals surface area contributed by atoms with Gasteiger partial charge < -0.3 is 10.2 Å². The van der Waals surface area contributed by atoms with Gasteiger partial charge in [0.25, 0.3) is 0 Å². The van der Waals surface area contributed by atoms with Gasteiger partial charge in [-0.2, -0.15) is 0 Å². The van der Waals surface area contributed by atoms with Crippen molar-refractivity contribution in [1.82, 2.24) is 0 Å². The van der Waals surface area contributed by atoms with Crippen molar-refractivity contribution in [3.8, 4) is 11.8 Å². The third-order valence-electron chi connectivity index (χ3n) is 0.501. The zero-order valence-corrected chi connectivity index (χ0v) is 5.05. The minimum absolute atomic E-state index is 0.635. The van der Waals surface area contributed by atoms with Crippen LogP contribution in [0.15, 0.2) is 0 Å². The summed E-state index contributed by atoms with van der Waals surface area (Å²) in [7, 11) is 0. The third-order valence-corrected chi connectivity index (χ3v) is 0.501. The molecule has 0 heterocycles. The van der Waals surface area contributed by atoms with Crippen molar-refractivity contribution < 1.29 is 10.2 Å². The van der Waals surface area contributed by atoms with Crippen molar-refractivity contribution in [2.45, 2.75) is 26.1 Å². The van der Waals surface area contributed by atoms with E-state index in [1.54, 1.807) is 13.8 Å². The predicted octanol–water partition coefficient (Wildman–Crippen LogP) is -0.249. The third kappa shape index (κ3) is 5.48. The minimum Gasteiger partial charge on any atom is -0.381 e. The molecule has 0 amide bonds. The maximum atomic E-state index is 8.52. The number of aliphatic hydroxyl groups is 2. The van der Waals surface area contributed by atoms with E-state index in [0.717, 1.165) is 0 Å². The Morgan fingerprint density at radius 2 is 1.25 bits per heavy atom. The first kappa shape index (κ1) is 7.48. The first-order valence-electron chi connectivity index (χ1n) is 2.50. The molecule has 0 spiro atoms. The van der Waals surface area contributed by atoms with Crippen LogP contribution in [0.3, 0.4) is 0 Å². The topological polar surface area (TPSA) is 40.5 Å². The molecular formula is C6H10O2. The summed E-state index contributed by atoms with van der Waals surface area (Å²) >= 11 is 0. The summed E-state index contributed by atoms with van der Waals surface area (Å²) < 4.78 is 0. The molecule has 46 valence electrons. The molecule has 2 heteroatoms. The fraction of sp³-hybridized carbons (Fsp3) is 0.667. The maximum Gasteiger partial charge on any atom is 0.112 e. The number of rotatable bonds is 0. The molecule has 0 rings (SSSR count). The second-order valence-corrected chi connectivity index (χ2v) is 1.64. The molecule has 0 saturated carbocycles. The lowest BCUT2D eigenvalue weighted by Gasteiger charge is -1.89. The van der Waals surface area contributed by atoms with Gasteiger partial charge in [0.1, 0.15) is 12.2 Å². The van der Waals surface area contributed by atoms with E-state index < -0.39 is 12.2 Å². The number of hydrogen-bond donors (Lipinski definition) is 2. The van der Waals surface area contributed by atoms with Gasteiger partial charge in [0, 0.05) is 0 Å². The summed E-state index contributed by atoms with van der Waals surface area (Å²) in [5.74, 6) is 4.80. The van der Waals surface area contributed by atoms with Crippen LogP contribution in [0.1, 0.15) is 13.8 Å². The fourth-order valence-corrected chi connectivity index (χ4v) is 0.241. The van der Waals surface area contributed by atoms with Crippen LogP contribution in [0.4, 0.5) is 0 Å². The largest absolute Gasteiger partial charge is 0.381 e. The molecule has 0 aliphatic carbocycles. The predicted molar refractivity (Wildman–Crippen MR) is 31.1 cm³/mol. The van der Waals surface area contributed by atoms with Crippen LogP contribution in [0.2, 0.25) is 0 Å². The van der Waals surface area contributed by atoms with E-state index in [-0.39, 0.29) is 0 Å². The van der Waals surface area contributed by atoms with E-state index in [9.17, 15) is 0 Å². The van der Waals surface area contributed by atoms with Crippen molar-refractivity contribution in [2.24, 2.45) is 0 Å². The molecule has 0 radical (unpaired) electrons. The Labute approximate surface area is 49.2 Å². The highest BCUT2D eigenvalue weighted by Gasteiger charge is 1.85. The Morgan fingerprint density at radius 3 is 1.38 bits per heavy atom. The summed E-state index contributed by atoms with van der Waals surface area (Å²) in [5, 5.41) is 17.0. The molecule has 2 nitrogen and oxygen atoms in total. The Kier molecular flexibility index (Phi) is 3.25. The normalized spacial score (nSPS) is 16.0. The molecule has 2 N–H and O–H groups in total. The Morgan fingerprint density at radius 1 is 1.00 bits per heavy atom. The monoisotopic (exact) mass is 114 g/mol. The highest BCUT2D eigenvalue weighted by Crippen LogP contribution is 1.76. The molecule has 0 aromatic carbocycles. The molecule has 2 atom stereocenters. The van der Waals surface area contributed by atoms with Crippen LogP contribution in [-0.2, 0) is 0 Å². The summed E-state index contributed by atoms with van der Waals surface area (Å²) in [6.07, 6.45) is -1.27. The zero-order valence-electron chi connectivity index (χ0n) is 5.05. The van der Waals surface area contributed by atoms with Gasteiger partial charge in [0.2, 0.25) is 0 Å². The summed E-state index contributed by atoms with van der Waals surface area (Å²) in [5.41, 5.74) is 0. The van der Waals surface area contributed by atoms with Crippen LogP contribution < -0.4 is 0 Å². The van der Waals surface area contributed by atoms with Gasteiger partial charge in [0.05, 0.1) is 0 Å². The Balaban J connectivity index is 3.50. The molecule has 0 aromatic rings. The molecule has 0 aromatic heterocycles. The van der Waals surface area contributed by atoms with E-state index in [4.69, 9.17) is 10.2 Å². The lowest BCUT2D eigenvalue weighted by molar-refractivity contribution is 0.243. The van der Waals surface area contributed by atoms with Crippen molar-refractivity contribution >= 4 is 0 Å². The van der Waals surface area contributed by atoms with E-state index >= 15 is 0 Å². The lowest BCUT2D eigenvalue weighted by Crippen LogP contribution is -1.98. The van der Waals surface area contributed by atoms with Crippen LogP contribution in [0, 0.1) is 11.8 Å². The molecule has 0 fully saturated rings. The highest BCUT2D eigenvalue weighted by atomic mass is 16.3. The Bertz CT molecular complexity index is 93.4. The van der Waals surface area contributed by atoms with Crippen LogP contribution in [0.25, 0.3) is 0 Å². The van der Waals surface area contributed by atoms with Crippen molar-refractivity contribution in [3.05, 3.63) is 0 Å². The highest BCUT2D eigenvalue weighted by molar-refractivity contribution is 5.06. The second kappa shape index (κ2) is 3.48. The Hall–Kier alpha value is -0.520. The van der Waals surface area contributed by atoms with E-state index in [1.165, 1.54) is 0 Å². The van der Waals surface area contributed by atoms with Crippen LogP contribution >= 0.6 is 0 Å². The van der Waals surface area contributed by atoms with Gasteiger partial charge in [-0.15, -0.1) is 0 Å². The van der Waals surface area contributed by atoms with E-state index in [1.807, 2.05) is 0 Å². The molecule has 0 aliphatic heterocycles. The van der Waals surface area contributed by atoms with Crippen LogP contribution in [-0.4, -0.2) is 22.4 Å². The molecule has 0 bridgehead atoms. The fourth-order valence-electron chi connectivity index (χ4n) is 0.241. The van der Waals surface area contributed by atoms with Gasteiger partial charge in [-0.25, -0.2) is 0 Å². The second-order valence-electron chi connectivity index (χ2n) is 1.64. The summed E-state index contributed by atoms with van der Waals surface area (Å²) in [4.78, 5) is 0. The van der Waals surface area contributed by atoms with Gasteiger partial charge in [-0.1, -0.05) is 11.8 Å². The van der Waals surface area contributed by atoms with Gasteiger partial charge in [-0.3, -0.25) is 0 Å². The molecule has 0 saturated heterocycles. The lowest BCUT2D eigenvalue weighted by atomic mass is 10.3. The molecule has 0 aliphatic rings. The smallest absolute Gasteiger partial charge is 0.112 e. The average Bonchev–Trinajstić information content (AvgIpc) is 1.61. The van der Waals surface area contributed by atoms with Crippen molar-refractivity contribution in [3.63, 3.8) is 0 Å². The van der Waals surface area contributed by atoms with Gasteiger partial charge in [-0.05, 0) is 13.8 Å². The maximum absolute atomic E-state index is 8.52. The SMILES string of the molecule is C[C@H](O)C#C[C@H](C)O. The average molecular weight is 114 g/mol. The number of aliphatic hydroxyl groups excluding tert-OH is 2. The molecule has 0 unspecified atom stereocenters.